The molecular formula is C21H21FN2O3. The zero-order chi connectivity index (χ0) is 18.8. The lowest BCUT2D eigenvalue weighted by Gasteiger charge is -2.24. The molecule has 6 heteroatoms. The fraction of sp³-hybridized carbons (Fsp3) is 0.333. The molecule has 2 aromatic rings. The summed E-state index contributed by atoms with van der Waals surface area (Å²) in [5.74, 6) is 0.276. The Labute approximate surface area is 157 Å². The predicted molar refractivity (Wildman–Crippen MR) is 97.6 cm³/mol. The molecule has 0 radical (unpaired) electrons. The van der Waals surface area contributed by atoms with Crippen LogP contribution < -0.4 is 4.74 Å². The molecule has 1 unspecified atom stereocenters. The number of carbonyl (C=O) groups is 2. The number of halogens is 1. The SMILES string of the molecule is O=C1CCN(C(=O)C2Cc3ccccc3O2)CCN1Cc1ccccc1F. The fourth-order valence-corrected chi connectivity index (χ4v) is 3.61. The number of nitrogens with zero attached hydrogens (tertiary/aromatic N) is 2. The van der Waals surface area contributed by atoms with Gasteiger partial charge in [-0.05, 0) is 17.7 Å². The third-order valence-corrected chi connectivity index (χ3v) is 5.14. The van der Waals surface area contributed by atoms with Crippen molar-refractivity contribution in [2.45, 2.75) is 25.5 Å². The lowest BCUT2D eigenvalue weighted by Crippen LogP contribution is -2.43. The second-order valence-corrected chi connectivity index (χ2v) is 6.90. The smallest absolute Gasteiger partial charge is 0.264 e. The van der Waals surface area contributed by atoms with Crippen molar-refractivity contribution in [2.75, 3.05) is 19.6 Å². The monoisotopic (exact) mass is 368 g/mol. The number of fused-ring (bicyclic) bond motifs is 1. The molecule has 0 aliphatic carbocycles. The van der Waals surface area contributed by atoms with Crippen LogP contribution in [0.2, 0.25) is 0 Å². The van der Waals surface area contributed by atoms with E-state index in [4.69, 9.17) is 4.74 Å². The van der Waals surface area contributed by atoms with Gasteiger partial charge in [0.15, 0.2) is 6.10 Å². The molecule has 5 nitrogen and oxygen atoms in total. The van der Waals surface area contributed by atoms with Gasteiger partial charge in [0.1, 0.15) is 11.6 Å². The van der Waals surface area contributed by atoms with Crippen LogP contribution in [0.4, 0.5) is 4.39 Å². The van der Waals surface area contributed by atoms with Crippen LogP contribution >= 0.6 is 0 Å². The molecule has 0 saturated carbocycles. The highest BCUT2D eigenvalue weighted by Gasteiger charge is 2.34. The Morgan fingerprint density at radius 2 is 1.85 bits per heavy atom. The summed E-state index contributed by atoms with van der Waals surface area (Å²) in [4.78, 5) is 28.6. The van der Waals surface area contributed by atoms with Gasteiger partial charge in [-0.2, -0.15) is 0 Å². The number of ether oxygens (including phenoxy) is 1. The minimum absolute atomic E-state index is 0.0656. The van der Waals surface area contributed by atoms with Gasteiger partial charge in [-0.1, -0.05) is 36.4 Å². The Bertz CT molecular complexity index is 845. The second-order valence-electron chi connectivity index (χ2n) is 6.90. The van der Waals surface area contributed by atoms with Gasteiger partial charge < -0.3 is 14.5 Å². The predicted octanol–water partition coefficient (Wildman–Crippen LogP) is 2.39. The third kappa shape index (κ3) is 3.65. The molecule has 0 spiro atoms. The summed E-state index contributed by atoms with van der Waals surface area (Å²) in [5, 5.41) is 0. The minimum Gasteiger partial charge on any atom is -0.480 e. The van der Waals surface area contributed by atoms with E-state index in [9.17, 15) is 14.0 Å². The van der Waals surface area contributed by atoms with E-state index in [1.807, 2.05) is 24.3 Å². The molecule has 140 valence electrons. The Hall–Kier alpha value is -2.89. The molecule has 2 aliphatic rings. The molecule has 27 heavy (non-hydrogen) atoms. The van der Waals surface area contributed by atoms with Crippen molar-refractivity contribution in [1.29, 1.82) is 0 Å². The lowest BCUT2D eigenvalue weighted by atomic mass is 10.1. The number of amides is 2. The lowest BCUT2D eigenvalue weighted by molar-refractivity contribution is -0.137. The van der Waals surface area contributed by atoms with Crippen LogP contribution in [0.1, 0.15) is 17.5 Å². The highest BCUT2D eigenvalue weighted by atomic mass is 19.1. The summed E-state index contributed by atoms with van der Waals surface area (Å²) < 4.78 is 19.7. The van der Waals surface area contributed by atoms with E-state index < -0.39 is 6.10 Å². The summed E-state index contributed by atoms with van der Waals surface area (Å²) in [6.45, 7) is 1.40. The van der Waals surface area contributed by atoms with Crippen LogP contribution in [-0.2, 0) is 22.6 Å². The van der Waals surface area contributed by atoms with Gasteiger partial charge in [-0.15, -0.1) is 0 Å². The van der Waals surface area contributed by atoms with E-state index in [0.717, 1.165) is 11.3 Å². The summed E-state index contributed by atoms with van der Waals surface area (Å²) >= 11 is 0. The first-order valence-corrected chi connectivity index (χ1v) is 9.16. The molecule has 2 amide bonds. The maximum absolute atomic E-state index is 13.9. The molecule has 1 saturated heterocycles. The number of rotatable bonds is 3. The molecule has 0 aromatic heterocycles. The third-order valence-electron chi connectivity index (χ3n) is 5.14. The topological polar surface area (TPSA) is 49.9 Å². The molecule has 0 bridgehead atoms. The van der Waals surface area contributed by atoms with Crippen molar-refractivity contribution in [2.24, 2.45) is 0 Å². The number of para-hydroxylation sites is 1. The van der Waals surface area contributed by atoms with Crippen LogP contribution in [0, 0.1) is 5.82 Å². The highest BCUT2D eigenvalue weighted by molar-refractivity contribution is 5.84. The van der Waals surface area contributed by atoms with E-state index in [1.54, 1.807) is 28.0 Å². The van der Waals surface area contributed by atoms with Crippen molar-refractivity contribution >= 4 is 11.8 Å². The van der Waals surface area contributed by atoms with Crippen molar-refractivity contribution in [3.05, 3.63) is 65.5 Å². The first kappa shape index (κ1) is 17.5. The Morgan fingerprint density at radius 3 is 2.67 bits per heavy atom. The molecular weight excluding hydrogens is 347 g/mol. The van der Waals surface area contributed by atoms with Crippen LogP contribution in [-0.4, -0.2) is 47.4 Å². The maximum Gasteiger partial charge on any atom is 0.264 e. The molecule has 1 fully saturated rings. The van der Waals surface area contributed by atoms with Crippen molar-refractivity contribution in [1.82, 2.24) is 9.80 Å². The van der Waals surface area contributed by atoms with Gasteiger partial charge >= 0.3 is 0 Å². The number of benzene rings is 2. The van der Waals surface area contributed by atoms with Gasteiger partial charge in [0.05, 0.1) is 0 Å². The summed E-state index contributed by atoms with van der Waals surface area (Å²) in [6, 6.07) is 14.1. The van der Waals surface area contributed by atoms with Crippen molar-refractivity contribution in [3.8, 4) is 5.75 Å². The van der Waals surface area contributed by atoms with Gasteiger partial charge in [-0.3, -0.25) is 9.59 Å². The fourth-order valence-electron chi connectivity index (χ4n) is 3.61. The molecule has 2 aliphatic heterocycles. The van der Waals surface area contributed by atoms with E-state index in [-0.39, 0.29) is 30.6 Å². The zero-order valence-corrected chi connectivity index (χ0v) is 14.9. The number of hydrogen-bond acceptors (Lipinski definition) is 3. The van der Waals surface area contributed by atoms with E-state index in [0.29, 0.717) is 31.6 Å². The quantitative estimate of drug-likeness (QED) is 0.836. The highest BCUT2D eigenvalue weighted by Crippen LogP contribution is 2.29. The van der Waals surface area contributed by atoms with Crippen molar-refractivity contribution in [3.63, 3.8) is 0 Å². The summed E-state index contributed by atoms with van der Waals surface area (Å²) in [7, 11) is 0. The van der Waals surface area contributed by atoms with Gasteiger partial charge in [0.2, 0.25) is 5.91 Å². The van der Waals surface area contributed by atoms with Crippen molar-refractivity contribution < 1.29 is 18.7 Å². The van der Waals surface area contributed by atoms with Gasteiger partial charge in [0, 0.05) is 44.6 Å². The average Bonchev–Trinajstić information content (AvgIpc) is 3.03. The van der Waals surface area contributed by atoms with Crippen LogP contribution in [0.3, 0.4) is 0 Å². The summed E-state index contributed by atoms with van der Waals surface area (Å²) in [5.41, 5.74) is 1.52. The van der Waals surface area contributed by atoms with Crippen LogP contribution in [0.15, 0.2) is 48.5 Å². The Morgan fingerprint density at radius 1 is 1.07 bits per heavy atom. The second kappa shape index (κ2) is 7.39. The molecule has 4 rings (SSSR count). The first-order chi connectivity index (χ1) is 13.1. The number of carbonyl (C=O) groups excluding carboxylic acids is 2. The largest absolute Gasteiger partial charge is 0.480 e. The standard InChI is InChI=1S/C21H21FN2O3/c22-17-7-3-1-6-16(17)14-24-12-11-23(10-9-20(24)25)21(26)19-13-15-5-2-4-8-18(15)27-19/h1-8,19H,9-14H2. The van der Waals surface area contributed by atoms with Gasteiger partial charge in [-0.25, -0.2) is 4.39 Å². The Kier molecular flexibility index (Phi) is 4.79. The van der Waals surface area contributed by atoms with Crippen LogP contribution in [0.25, 0.3) is 0 Å². The number of hydrogen-bond donors (Lipinski definition) is 0. The summed E-state index contributed by atoms with van der Waals surface area (Å²) in [6.07, 6.45) is 0.258. The first-order valence-electron chi connectivity index (χ1n) is 9.16. The van der Waals surface area contributed by atoms with E-state index >= 15 is 0 Å². The van der Waals surface area contributed by atoms with E-state index in [2.05, 4.69) is 0 Å². The molecule has 0 N–H and O–H groups in total. The molecule has 2 heterocycles. The molecule has 2 aromatic carbocycles. The van der Waals surface area contributed by atoms with Crippen LogP contribution in [0.5, 0.6) is 5.75 Å². The van der Waals surface area contributed by atoms with Gasteiger partial charge in [0.25, 0.3) is 5.91 Å². The normalized spacial score (nSPS) is 19.4. The Balaban J connectivity index is 1.40. The maximum atomic E-state index is 13.9. The molecule has 1 atom stereocenters. The zero-order valence-electron chi connectivity index (χ0n) is 14.9. The van der Waals surface area contributed by atoms with E-state index in [1.165, 1.54) is 6.07 Å². The minimum atomic E-state index is -0.532. The average molecular weight is 368 g/mol.